The van der Waals surface area contributed by atoms with Crippen LogP contribution in [0.2, 0.25) is 0 Å². The summed E-state index contributed by atoms with van der Waals surface area (Å²) in [5.41, 5.74) is 0.322. The topological polar surface area (TPSA) is 50.8 Å². The Balaban J connectivity index is 1.46. The van der Waals surface area contributed by atoms with Crippen molar-refractivity contribution >= 4 is 11.8 Å². The molecule has 3 aliphatic rings. The summed E-state index contributed by atoms with van der Waals surface area (Å²) >= 11 is 0. The zero-order valence-corrected chi connectivity index (χ0v) is 14.0. The summed E-state index contributed by atoms with van der Waals surface area (Å²) < 4.78 is 45.4. The summed E-state index contributed by atoms with van der Waals surface area (Å²) in [5, 5.41) is 2.49. The second kappa shape index (κ2) is 7.46. The third-order valence-corrected chi connectivity index (χ3v) is 4.83. The maximum Gasteiger partial charge on any atom is 0.573 e. The monoisotopic (exact) mass is 368 g/mol. The number of carbonyl (C=O) groups is 1. The number of nitrogens with one attached hydrogen (secondary N) is 1. The summed E-state index contributed by atoms with van der Waals surface area (Å²) in [7, 11) is 0. The van der Waals surface area contributed by atoms with Crippen LogP contribution in [0.25, 0.3) is 0 Å². The van der Waals surface area contributed by atoms with Crippen LogP contribution in [-0.2, 0) is 4.74 Å². The van der Waals surface area contributed by atoms with Crippen LogP contribution in [0.1, 0.15) is 12.8 Å². The van der Waals surface area contributed by atoms with Gasteiger partial charge >= 0.3 is 12.5 Å². The molecule has 26 heavy (non-hydrogen) atoms. The van der Waals surface area contributed by atoms with E-state index >= 15 is 0 Å². The molecular formula is C18H19F3N2O3. The molecule has 3 heterocycles. The quantitative estimate of drug-likeness (QED) is 0.827. The van der Waals surface area contributed by atoms with Crippen molar-refractivity contribution in [2.45, 2.75) is 25.2 Å². The Morgan fingerprint density at radius 3 is 2.65 bits per heavy atom. The van der Waals surface area contributed by atoms with Crippen LogP contribution in [-0.4, -0.2) is 43.1 Å². The predicted octanol–water partition coefficient (Wildman–Crippen LogP) is 3.48. The number of piperidine rings is 3. The highest BCUT2D eigenvalue weighted by Crippen LogP contribution is 2.35. The third-order valence-electron chi connectivity index (χ3n) is 4.83. The normalized spacial score (nSPS) is 27.5. The molecule has 8 heteroatoms. The van der Waals surface area contributed by atoms with Crippen LogP contribution in [0.5, 0.6) is 5.75 Å². The Morgan fingerprint density at radius 1 is 1.35 bits per heavy atom. The number of ether oxygens (including phenoxy) is 2. The number of anilines is 1. The number of benzene rings is 1. The Labute approximate surface area is 149 Å². The first-order chi connectivity index (χ1) is 12.3. The van der Waals surface area contributed by atoms with Crippen LogP contribution in [0.3, 0.4) is 0 Å². The SMILES string of the molecule is C#C[C@@H]1CN2CC[C@H]1C[C@@H]2COC(=O)Nc1ccc(OC(F)(F)F)cc1. The van der Waals surface area contributed by atoms with Crippen molar-refractivity contribution in [1.29, 1.82) is 0 Å². The molecule has 0 spiro atoms. The lowest BCUT2D eigenvalue weighted by Gasteiger charge is -2.48. The van der Waals surface area contributed by atoms with Crippen molar-refractivity contribution < 1.29 is 27.4 Å². The van der Waals surface area contributed by atoms with E-state index in [1.54, 1.807) is 0 Å². The Hall–Kier alpha value is -2.40. The van der Waals surface area contributed by atoms with Gasteiger partial charge in [-0.05, 0) is 49.6 Å². The van der Waals surface area contributed by atoms with E-state index in [1.165, 1.54) is 12.1 Å². The molecule has 4 rings (SSSR count). The van der Waals surface area contributed by atoms with Crippen molar-refractivity contribution in [3.8, 4) is 18.1 Å². The smallest absolute Gasteiger partial charge is 0.448 e. The van der Waals surface area contributed by atoms with E-state index in [0.29, 0.717) is 11.6 Å². The molecule has 1 N–H and O–H groups in total. The number of alkyl halides is 3. The van der Waals surface area contributed by atoms with Crippen molar-refractivity contribution in [2.75, 3.05) is 25.0 Å². The summed E-state index contributed by atoms with van der Waals surface area (Å²) in [6.07, 6.45) is 2.13. The number of carbonyl (C=O) groups excluding carboxylic acids is 1. The minimum atomic E-state index is -4.75. The molecule has 1 unspecified atom stereocenters. The van der Waals surface area contributed by atoms with Crippen LogP contribution in [0.15, 0.2) is 24.3 Å². The summed E-state index contributed by atoms with van der Waals surface area (Å²) in [5.74, 6) is 3.22. The van der Waals surface area contributed by atoms with Gasteiger partial charge in [0.1, 0.15) is 12.4 Å². The van der Waals surface area contributed by atoms with E-state index in [0.717, 1.165) is 38.1 Å². The summed E-state index contributed by atoms with van der Waals surface area (Å²) in [6.45, 7) is 2.05. The largest absolute Gasteiger partial charge is 0.573 e. The average molecular weight is 368 g/mol. The third kappa shape index (κ3) is 4.61. The second-order valence-electron chi connectivity index (χ2n) is 6.50. The number of nitrogens with zero attached hydrogens (tertiary/aromatic N) is 1. The van der Waals surface area contributed by atoms with Gasteiger partial charge in [-0.2, -0.15) is 0 Å². The van der Waals surface area contributed by atoms with Gasteiger partial charge in [0.05, 0.1) is 0 Å². The summed E-state index contributed by atoms with van der Waals surface area (Å²) in [4.78, 5) is 14.2. The highest BCUT2D eigenvalue weighted by Gasteiger charge is 2.39. The van der Waals surface area contributed by atoms with Gasteiger partial charge in [0.25, 0.3) is 0 Å². The van der Waals surface area contributed by atoms with E-state index in [9.17, 15) is 18.0 Å². The number of fused-ring (bicyclic) bond motifs is 3. The standard InChI is InChI=1S/C18H19F3N2O3/c1-2-12-10-23-8-7-13(12)9-15(23)11-25-17(24)22-14-3-5-16(6-4-14)26-18(19,20)21/h1,3-6,12-13,15H,7-11H2,(H,22,24)/t12-,13+,15-/m1/s1. The molecule has 3 fully saturated rings. The average Bonchev–Trinajstić information content (AvgIpc) is 2.61. The highest BCUT2D eigenvalue weighted by molar-refractivity contribution is 5.84. The van der Waals surface area contributed by atoms with Gasteiger partial charge in [-0.15, -0.1) is 25.5 Å². The van der Waals surface area contributed by atoms with Crippen molar-refractivity contribution in [1.82, 2.24) is 4.90 Å². The van der Waals surface area contributed by atoms with Gasteiger partial charge in [-0.1, -0.05) is 0 Å². The molecule has 2 bridgehead atoms. The first-order valence-electron chi connectivity index (χ1n) is 8.34. The van der Waals surface area contributed by atoms with Gasteiger partial charge < -0.3 is 9.47 Å². The molecular weight excluding hydrogens is 349 g/mol. The number of halogens is 3. The molecule has 0 saturated carbocycles. The van der Waals surface area contributed by atoms with Gasteiger partial charge in [0.15, 0.2) is 0 Å². The number of hydrogen-bond acceptors (Lipinski definition) is 4. The van der Waals surface area contributed by atoms with Crippen molar-refractivity contribution in [3.63, 3.8) is 0 Å². The van der Waals surface area contributed by atoms with Crippen LogP contribution in [0.4, 0.5) is 23.7 Å². The van der Waals surface area contributed by atoms with Crippen LogP contribution < -0.4 is 10.1 Å². The molecule has 4 atom stereocenters. The lowest BCUT2D eigenvalue weighted by atomic mass is 9.76. The maximum absolute atomic E-state index is 12.1. The molecule has 3 aliphatic heterocycles. The fraction of sp³-hybridized carbons (Fsp3) is 0.500. The molecule has 5 nitrogen and oxygen atoms in total. The van der Waals surface area contributed by atoms with Crippen molar-refractivity contribution in [2.24, 2.45) is 11.8 Å². The van der Waals surface area contributed by atoms with E-state index in [-0.39, 0.29) is 24.3 Å². The number of rotatable bonds is 4. The molecule has 0 aromatic heterocycles. The van der Waals surface area contributed by atoms with E-state index in [4.69, 9.17) is 11.2 Å². The lowest BCUT2D eigenvalue weighted by Crippen LogP contribution is -2.54. The van der Waals surface area contributed by atoms with Crippen LogP contribution >= 0.6 is 0 Å². The molecule has 0 aliphatic carbocycles. The predicted molar refractivity (Wildman–Crippen MR) is 88.5 cm³/mol. The molecule has 3 saturated heterocycles. The lowest BCUT2D eigenvalue weighted by molar-refractivity contribution is -0.274. The first kappa shape index (κ1) is 18.4. The molecule has 140 valence electrons. The zero-order valence-electron chi connectivity index (χ0n) is 14.0. The number of hydrogen-bond donors (Lipinski definition) is 1. The maximum atomic E-state index is 12.1. The summed E-state index contributed by atoms with van der Waals surface area (Å²) in [6, 6.07) is 5.02. The van der Waals surface area contributed by atoms with Gasteiger partial charge in [-0.3, -0.25) is 10.2 Å². The number of terminal acetylenes is 1. The molecule has 0 radical (unpaired) electrons. The zero-order chi connectivity index (χ0) is 18.7. The highest BCUT2D eigenvalue weighted by atomic mass is 19.4. The van der Waals surface area contributed by atoms with Gasteiger partial charge in [-0.25, -0.2) is 4.79 Å². The first-order valence-corrected chi connectivity index (χ1v) is 8.34. The Kier molecular flexibility index (Phi) is 5.28. The van der Waals surface area contributed by atoms with E-state index in [1.807, 2.05) is 0 Å². The van der Waals surface area contributed by atoms with E-state index < -0.39 is 12.5 Å². The molecule has 1 aromatic rings. The number of amides is 1. The Morgan fingerprint density at radius 2 is 2.08 bits per heavy atom. The fourth-order valence-corrected chi connectivity index (χ4v) is 3.57. The van der Waals surface area contributed by atoms with E-state index in [2.05, 4.69) is 20.9 Å². The molecule has 1 amide bonds. The minimum Gasteiger partial charge on any atom is -0.448 e. The van der Waals surface area contributed by atoms with Gasteiger partial charge in [0.2, 0.25) is 0 Å². The van der Waals surface area contributed by atoms with Crippen molar-refractivity contribution in [3.05, 3.63) is 24.3 Å². The molecule has 1 aromatic carbocycles. The van der Waals surface area contributed by atoms with Gasteiger partial charge in [0, 0.05) is 24.2 Å². The Bertz CT molecular complexity index is 684. The second-order valence-corrected chi connectivity index (χ2v) is 6.50. The fourth-order valence-electron chi connectivity index (χ4n) is 3.57. The van der Waals surface area contributed by atoms with Crippen LogP contribution in [0, 0.1) is 24.2 Å². The minimum absolute atomic E-state index is 0.159.